The molecule has 0 saturated carbocycles. The summed E-state index contributed by atoms with van der Waals surface area (Å²) in [6.45, 7) is 0.700. The number of thiophene rings is 1. The largest absolute Gasteiger partial charge is 0.330 e. The summed E-state index contributed by atoms with van der Waals surface area (Å²) in [5.41, 5.74) is 7.64. The molecule has 0 aliphatic rings. The number of benzene rings is 1. The lowest BCUT2D eigenvalue weighted by Gasteiger charge is -1.87. The van der Waals surface area contributed by atoms with Gasteiger partial charge in [-0.1, -0.05) is 30.0 Å². The van der Waals surface area contributed by atoms with Crippen LogP contribution >= 0.6 is 11.3 Å². The van der Waals surface area contributed by atoms with Crippen molar-refractivity contribution in [1.29, 1.82) is 0 Å². The van der Waals surface area contributed by atoms with Crippen LogP contribution in [-0.4, -0.2) is 6.54 Å². The first-order valence-electron chi connectivity index (χ1n) is 5.23. The van der Waals surface area contributed by atoms with E-state index < -0.39 is 0 Å². The van der Waals surface area contributed by atoms with E-state index in [1.54, 1.807) is 11.3 Å². The summed E-state index contributed by atoms with van der Waals surface area (Å²) in [6.07, 6.45) is 0.942. The van der Waals surface area contributed by atoms with Crippen LogP contribution in [0, 0.1) is 11.8 Å². The maximum absolute atomic E-state index is 5.51. The van der Waals surface area contributed by atoms with Crippen LogP contribution in [0.5, 0.6) is 0 Å². The molecular weight excluding hydrogens is 214 g/mol. The van der Waals surface area contributed by atoms with E-state index in [0.29, 0.717) is 6.54 Å². The molecule has 1 aromatic heterocycles. The van der Waals surface area contributed by atoms with Gasteiger partial charge in [0.25, 0.3) is 0 Å². The van der Waals surface area contributed by atoms with Crippen molar-refractivity contribution >= 4 is 11.3 Å². The zero-order valence-electron chi connectivity index (χ0n) is 8.94. The first-order valence-corrected chi connectivity index (χ1v) is 6.11. The van der Waals surface area contributed by atoms with Gasteiger partial charge in [-0.25, -0.2) is 0 Å². The molecule has 0 unspecified atom stereocenters. The van der Waals surface area contributed by atoms with E-state index in [4.69, 9.17) is 5.73 Å². The van der Waals surface area contributed by atoms with Crippen LogP contribution in [0.25, 0.3) is 0 Å². The zero-order chi connectivity index (χ0) is 11.2. The molecule has 1 aromatic carbocycles. The Labute approximate surface area is 99.9 Å². The minimum absolute atomic E-state index is 0.700. The molecule has 0 saturated heterocycles. The van der Waals surface area contributed by atoms with Gasteiger partial charge < -0.3 is 5.73 Å². The Bertz CT molecular complexity index is 502. The molecule has 2 aromatic rings. The highest BCUT2D eigenvalue weighted by Gasteiger charge is 1.95. The third-order valence-electron chi connectivity index (χ3n) is 2.17. The van der Waals surface area contributed by atoms with E-state index in [2.05, 4.69) is 23.3 Å². The van der Waals surface area contributed by atoms with Crippen molar-refractivity contribution < 1.29 is 0 Å². The Morgan fingerprint density at radius 3 is 2.56 bits per heavy atom. The van der Waals surface area contributed by atoms with Crippen molar-refractivity contribution in [2.75, 3.05) is 6.54 Å². The average molecular weight is 227 g/mol. The van der Waals surface area contributed by atoms with Gasteiger partial charge in [0, 0.05) is 21.4 Å². The smallest absolute Gasteiger partial charge is 0.0358 e. The molecule has 0 aliphatic carbocycles. The Kier molecular flexibility index (Phi) is 3.76. The van der Waals surface area contributed by atoms with Gasteiger partial charge in [0.05, 0.1) is 0 Å². The van der Waals surface area contributed by atoms with Crippen LogP contribution in [-0.2, 0) is 6.42 Å². The Hall–Kier alpha value is -1.56. The zero-order valence-corrected chi connectivity index (χ0v) is 9.76. The number of rotatable bonds is 2. The normalized spacial score (nSPS) is 9.56. The van der Waals surface area contributed by atoms with Crippen LogP contribution in [0.2, 0.25) is 0 Å². The summed E-state index contributed by atoms with van der Waals surface area (Å²) in [5, 5.41) is 2.08. The third kappa shape index (κ3) is 2.96. The summed E-state index contributed by atoms with van der Waals surface area (Å²) in [4.78, 5) is 1.31. The second-order valence-electron chi connectivity index (χ2n) is 3.46. The molecule has 2 N–H and O–H groups in total. The summed E-state index contributed by atoms with van der Waals surface area (Å²) in [6, 6.07) is 12.1. The highest BCUT2D eigenvalue weighted by Crippen LogP contribution is 2.14. The summed E-state index contributed by atoms with van der Waals surface area (Å²) in [5.74, 6) is 6.30. The van der Waals surface area contributed by atoms with E-state index in [0.717, 1.165) is 17.5 Å². The number of nitrogens with two attached hydrogens (primary N) is 1. The van der Waals surface area contributed by atoms with Gasteiger partial charge in [0.1, 0.15) is 0 Å². The molecule has 0 spiro atoms. The van der Waals surface area contributed by atoms with Gasteiger partial charge in [-0.3, -0.25) is 0 Å². The fraction of sp³-hybridized carbons (Fsp3) is 0.143. The topological polar surface area (TPSA) is 26.0 Å². The lowest BCUT2D eigenvalue weighted by molar-refractivity contribution is 0.988. The summed E-state index contributed by atoms with van der Waals surface area (Å²) < 4.78 is 0. The highest BCUT2D eigenvalue weighted by molar-refractivity contribution is 7.10. The van der Waals surface area contributed by atoms with Crippen molar-refractivity contribution in [1.82, 2.24) is 0 Å². The number of hydrogen-bond acceptors (Lipinski definition) is 2. The predicted octanol–water partition coefficient (Wildman–Crippen LogP) is 2.65. The average Bonchev–Trinajstić information content (AvgIpc) is 2.76. The van der Waals surface area contributed by atoms with Crippen LogP contribution in [0.1, 0.15) is 16.0 Å². The Balaban J connectivity index is 2.12. The highest BCUT2D eigenvalue weighted by atomic mass is 32.1. The first kappa shape index (κ1) is 10.9. The molecule has 0 bridgehead atoms. The summed E-state index contributed by atoms with van der Waals surface area (Å²) in [7, 11) is 0. The second-order valence-corrected chi connectivity index (χ2v) is 4.45. The first-order chi connectivity index (χ1) is 7.88. The van der Waals surface area contributed by atoms with Crippen molar-refractivity contribution in [3.05, 3.63) is 57.8 Å². The second kappa shape index (κ2) is 5.50. The molecule has 16 heavy (non-hydrogen) atoms. The van der Waals surface area contributed by atoms with E-state index >= 15 is 0 Å². The standard InChI is InChI=1S/C14H13NS/c15-9-8-14-10-13(11-16-14)7-6-12-4-2-1-3-5-12/h1-5,10-11H,8-9,15H2. The molecule has 0 atom stereocenters. The van der Waals surface area contributed by atoms with Crippen LogP contribution in [0.4, 0.5) is 0 Å². The number of hydrogen-bond donors (Lipinski definition) is 1. The van der Waals surface area contributed by atoms with Gasteiger partial charge in [-0.2, -0.15) is 0 Å². The van der Waals surface area contributed by atoms with E-state index in [1.165, 1.54) is 4.88 Å². The maximum Gasteiger partial charge on any atom is 0.0358 e. The van der Waals surface area contributed by atoms with E-state index in [-0.39, 0.29) is 0 Å². The molecule has 0 radical (unpaired) electrons. The van der Waals surface area contributed by atoms with Crippen molar-refractivity contribution in [3.8, 4) is 11.8 Å². The maximum atomic E-state index is 5.51. The minimum atomic E-state index is 0.700. The van der Waals surface area contributed by atoms with Crippen molar-refractivity contribution in [3.63, 3.8) is 0 Å². The van der Waals surface area contributed by atoms with E-state index in [1.807, 2.05) is 30.3 Å². The lowest BCUT2D eigenvalue weighted by Crippen LogP contribution is -2.00. The fourth-order valence-corrected chi connectivity index (χ4v) is 2.22. The molecule has 0 aliphatic heterocycles. The van der Waals surface area contributed by atoms with Gasteiger partial charge in [-0.15, -0.1) is 11.3 Å². The molecule has 80 valence electrons. The van der Waals surface area contributed by atoms with Gasteiger partial charge in [0.15, 0.2) is 0 Å². The van der Waals surface area contributed by atoms with Crippen LogP contribution in [0.15, 0.2) is 41.8 Å². The van der Waals surface area contributed by atoms with E-state index in [9.17, 15) is 0 Å². The minimum Gasteiger partial charge on any atom is -0.330 e. The molecule has 2 rings (SSSR count). The van der Waals surface area contributed by atoms with Crippen LogP contribution in [0.3, 0.4) is 0 Å². The van der Waals surface area contributed by atoms with Gasteiger partial charge >= 0.3 is 0 Å². The molecule has 0 amide bonds. The fourth-order valence-electron chi connectivity index (χ4n) is 1.39. The quantitative estimate of drug-likeness (QED) is 0.784. The summed E-state index contributed by atoms with van der Waals surface area (Å²) >= 11 is 1.73. The van der Waals surface area contributed by atoms with Gasteiger partial charge in [-0.05, 0) is 31.2 Å². The van der Waals surface area contributed by atoms with Crippen molar-refractivity contribution in [2.24, 2.45) is 5.73 Å². The predicted molar refractivity (Wildman–Crippen MR) is 69.5 cm³/mol. The van der Waals surface area contributed by atoms with Crippen molar-refractivity contribution in [2.45, 2.75) is 6.42 Å². The Morgan fingerprint density at radius 1 is 1.06 bits per heavy atom. The Morgan fingerprint density at radius 2 is 1.81 bits per heavy atom. The molecule has 2 heteroatoms. The molecular formula is C14H13NS. The molecule has 0 fully saturated rings. The van der Waals surface area contributed by atoms with Gasteiger partial charge in [0.2, 0.25) is 0 Å². The molecule has 1 heterocycles. The molecule has 1 nitrogen and oxygen atoms in total. The monoisotopic (exact) mass is 227 g/mol. The lowest BCUT2D eigenvalue weighted by atomic mass is 10.2. The van der Waals surface area contributed by atoms with Crippen LogP contribution < -0.4 is 5.73 Å². The third-order valence-corrected chi connectivity index (χ3v) is 3.17. The SMILES string of the molecule is NCCc1cc(C#Cc2ccccc2)cs1.